The Balaban J connectivity index is 1.48. The monoisotopic (exact) mass is 523 g/mol. The fraction of sp³-hybridized carbons (Fsp3) is 0.346. The number of hydrogen-bond acceptors (Lipinski definition) is 8. The van der Waals surface area contributed by atoms with Crippen LogP contribution in [-0.2, 0) is 36.9 Å². The summed E-state index contributed by atoms with van der Waals surface area (Å²) < 4.78 is 4.70. The molecule has 38 heavy (non-hydrogen) atoms. The van der Waals surface area contributed by atoms with E-state index in [0.717, 1.165) is 16.7 Å². The number of esters is 1. The van der Waals surface area contributed by atoms with Crippen LogP contribution < -0.4 is 20.4 Å². The van der Waals surface area contributed by atoms with Gasteiger partial charge in [0.15, 0.2) is 0 Å². The molecule has 2 aliphatic rings. The number of hydrogen-bond donors (Lipinski definition) is 5. The predicted molar refractivity (Wildman–Crippen MR) is 138 cm³/mol. The zero-order chi connectivity index (χ0) is 27.4. The van der Waals surface area contributed by atoms with Crippen molar-refractivity contribution in [2.24, 2.45) is 0 Å². The summed E-state index contributed by atoms with van der Waals surface area (Å²) >= 11 is 0. The molecule has 0 saturated carbocycles. The Bertz CT molecular complexity index is 1290. The van der Waals surface area contributed by atoms with E-state index >= 15 is 0 Å². The Morgan fingerprint density at radius 1 is 1.18 bits per heavy atom. The number of ether oxygens (including phenoxy) is 1. The van der Waals surface area contributed by atoms with E-state index in [0.29, 0.717) is 35.9 Å². The first-order valence-electron chi connectivity index (χ1n) is 12.1. The van der Waals surface area contributed by atoms with Crippen molar-refractivity contribution in [3.05, 3.63) is 53.1 Å². The quantitative estimate of drug-likeness (QED) is 0.292. The Kier molecular flexibility index (Phi) is 8.03. The summed E-state index contributed by atoms with van der Waals surface area (Å²) in [5, 5.41) is 33.3. The van der Waals surface area contributed by atoms with Crippen LogP contribution in [0, 0.1) is 5.41 Å². The molecule has 0 aliphatic carbocycles. The van der Waals surface area contributed by atoms with Crippen molar-refractivity contribution in [3.63, 3.8) is 0 Å². The number of amides is 3. The molecule has 0 aromatic heterocycles. The summed E-state index contributed by atoms with van der Waals surface area (Å²) in [6, 6.07) is 9.97. The van der Waals surface area contributed by atoms with Gasteiger partial charge in [0.2, 0.25) is 11.8 Å². The van der Waals surface area contributed by atoms with Crippen LogP contribution >= 0.6 is 0 Å². The third-order valence-corrected chi connectivity index (χ3v) is 6.49. The summed E-state index contributed by atoms with van der Waals surface area (Å²) in [6.45, 7) is -0.314. The molecule has 0 saturated heterocycles. The van der Waals surface area contributed by atoms with Crippen LogP contribution in [0.4, 0.5) is 17.1 Å². The van der Waals surface area contributed by atoms with E-state index < -0.39 is 30.3 Å². The summed E-state index contributed by atoms with van der Waals surface area (Å²) in [7, 11) is 1.23. The van der Waals surface area contributed by atoms with E-state index in [2.05, 4.69) is 10.6 Å². The molecule has 4 rings (SSSR count). The van der Waals surface area contributed by atoms with Gasteiger partial charge in [0, 0.05) is 42.1 Å². The van der Waals surface area contributed by atoms with Gasteiger partial charge in [0.25, 0.3) is 5.91 Å². The van der Waals surface area contributed by atoms with Gasteiger partial charge < -0.3 is 35.4 Å². The molecule has 2 aromatic carbocycles. The van der Waals surface area contributed by atoms with Crippen molar-refractivity contribution in [2.75, 3.05) is 41.9 Å². The number of rotatable bonds is 9. The van der Waals surface area contributed by atoms with Crippen molar-refractivity contribution in [1.29, 1.82) is 5.41 Å². The van der Waals surface area contributed by atoms with Gasteiger partial charge in [-0.1, -0.05) is 6.07 Å². The maximum absolute atomic E-state index is 13.1. The minimum atomic E-state index is -1.66. The Hall–Kier alpha value is -4.29. The first kappa shape index (κ1) is 26.8. The highest BCUT2D eigenvalue weighted by Gasteiger charge is 2.29. The third-order valence-electron chi connectivity index (χ3n) is 6.49. The largest absolute Gasteiger partial charge is 0.468 e. The molecule has 0 fully saturated rings. The maximum atomic E-state index is 13.1. The second kappa shape index (κ2) is 11.4. The van der Waals surface area contributed by atoms with Crippen LogP contribution in [0.1, 0.15) is 29.5 Å². The molecule has 3 amide bonds. The van der Waals surface area contributed by atoms with Crippen LogP contribution in [0.2, 0.25) is 0 Å². The summed E-state index contributed by atoms with van der Waals surface area (Å²) in [6.07, 6.45) is -1.51. The van der Waals surface area contributed by atoms with E-state index in [1.165, 1.54) is 16.9 Å². The van der Waals surface area contributed by atoms with Gasteiger partial charge in [-0.3, -0.25) is 24.6 Å². The second-order valence-corrected chi connectivity index (χ2v) is 8.95. The lowest BCUT2D eigenvalue weighted by Gasteiger charge is -2.31. The molecule has 0 bridgehead atoms. The summed E-state index contributed by atoms with van der Waals surface area (Å²) in [5.74, 6) is -1.94. The number of aliphatic hydroxyl groups is 2. The molecule has 2 heterocycles. The fourth-order valence-electron chi connectivity index (χ4n) is 4.49. The van der Waals surface area contributed by atoms with Gasteiger partial charge in [-0.25, -0.2) is 0 Å². The standard InChI is InChI=1S/C26H29N5O7/c1-38-24(36)14-31-20-11-18(5-2-15(20)3-7-22(31)34)30(8-9-32)23(35)12-21(33)26(37)29-17-4-6-19-16(10-17)13-28-25(19)27/h2,4-6,10-11,21,32-33H,3,7-9,12-14H2,1H3,(H2,27,28)(H,29,37)/t21-/m1/s1. The minimum absolute atomic E-state index is 0.110. The number of anilines is 3. The summed E-state index contributed by atoms with van der Waals surface area (Å²) in [5.41, 5.74) is 3.60. The topological polar surface area (TPSA) is 172 Å². The molecule has 0 unspecified atom stereocenters. The number of fused-ring (bicyclic) bond motifs is 2. The smallest absolute Gasteiger partial charge is 0.325 e. The molecule has 0 radical (unpaired) electrons. The molecule has 5 N–H and O–H groups in total. The van der Waals surface area contributed by atoms with Crippen LogP contribution in [0.15, 0.2) is 36.4 Å². The molecule has 2 aliphatic heterocycles. The molecule has 12 nitrogen and oxygen atoms in total. The average molecular weight is 524 g/mol. The van der Waals surface area contributed by atoms with Gasteiger partial charge in [0.05, 0.1) is 20.1 Å². The first-order chi connectivity index (χ1) is 18.2. The van der Waals surface area contributed by atoms with Gasteiger partial charge >= 0.3 is 5.97 Å². The molecule has 0 spiro atoms. The van der Waals surface area contributed by atoms with Gasteiger partial charge in [0.1, 0.15) is 18.5 Å². The van der Waals surface area contributed by atoms with Crippen molar-refractivity contribution >= 4 is 46.6 Å². The lowest BCUT2D eigenvalue weighted by atomic mass is 10.00. The molecule has 200 valence electrons. The molecule has 12 heteroatoms. The SMILES string of the molecule is COC(=O)CN1C(=O)CCc2ccc(N(CCO)C(=O)C[C@@H](O)C(=O)Nc3ccc4c(c3)CNC4=N)cc21. The molecular weight excluding hydrogens is 494 g/mol. The lowest BCUT2D eigenvalue weighted by Crippen LogP contribution is -2.41. The second-order valence-electron chi connectivity index (χ2n) is 8.95. The number of methoxy groups -OCH3 is 1. The number of amidine groups is 1. The molecule has 2 aromatic rings. The number of nitrogens with zero attached hydrogens (tertiary/aromatic N) is 2. The normalized spacial score (nSPS) is 14.8. The van der Waals surface area contributed by atoms with Crippen molar-refractivity contribution < 1.29 is 34.1 Å². The highest BCUT2D eigenvalue weighted by molar-refractivity contribution is 6.04. The third kappa shape index (κ3) is 5.66. The van der Waals surface area contributed by atoms with Gasteiger partial charge in [-0.2, -0.15) is 0 Å². The summed E-state index contributed by atoms with van der Waals surface area (Å²) in [4.78, 5) is 52.6. The van der Waals surface area contributed by atoms with Crippen LogP contribution in [0.5, 0.6) is 0 Å². The minimum Gasteiger partial charge on any atom is -0.468 e. The highest BCUT2D eigenvalue weighted by atomic mass is 16.5. The Morgan fingerprint density at radius 2 is 1.97 bits per heavy atom. The fourth-order valence-corrected chi connectivity index (χ4v) is 4.49. The number of nitrogens with one attached hydrogen (secondary N) is 3. The molecular formula is C26H29N5O7. The van der Waals surface area contributed by atoms with E-state index in [9.17, 15) is 29.4 Å². The van der Waals surface area contributed by atoms with Gasteiger partial charge in [-0.15, -0.1) is 0 Å². The Morgan fingerprint density at radius 3 is 2.71 bits per heavy atom. The lowest BCUT2D eigenvalue weighted by molar-refractivity contribution is -0.140. The molecule has 1 atom stereocenters. The number of aliphatic hydroxyl groups excluding tert-OH is 2. The predicted octanol–water partition coefficient (Wildman–Crippen LogP) is 0.282. The highest BCUT2D eigenvalue weighted by Crippen LogP contribution is 2.32. The van der Waals surface area contributed by atoms with E-state index in [1.54, 1.807) is 36.4 Å². The number of benzene rings is 2. The Labute approximate surface area is 218 Å². The van der Waals surface area contributed by atoms with Crippen LogP contribution in [0.3, 0.4) is 0 Å². The van der Waals surface area contributed by atoms with E-state index in [4.69, 9.17) is 10.1 Å². The van der Waals surface area contributed by atoms with Crippen LogP contribution in [-0.4, -0.2) is 72.6 Å². The van der Waals surface area contributed by atoms with Crippen LogP contribution in [0.25, 0.3) is 0 Å². The zero-order valence-corrected chi connectivity index (χ0v) is 20.8. The van der Waals surface area contributed by atoms with Crippen molar-refractivity contribution in [2.45, 2.75) is 31.9 Å². The maximum Gasteiger partial charge on any atom is 0.325 e. The zero-order valence-electron chi connectivity index (χ0n) is 20.8. The number of carbonyl (C=O) groups is 4. The van der Waals surface area contributed by atoms with Crippen molar-refractivity contribution in [1.82, 2.24) is 5.32 Å². The number of aryl methyl sites for hydroxylation is 1. The van der Waals surface area contributed by atoms with E-state index in [1.807, 2.05) is 0 Å². The van der Waals surface area contributed by atoms with Crippen molar-refractivity contribution in [3.8, 4) is 0 Å². The van der Waals surface area contributed by atoms with Gasteiger partial charge in [-0.05, 0) is 47.9 Å². The first-order valence-corrected chi connectivity index (χ1v) is 12.1. The number of carbonyl (C=O) groups excluding carboxylic acids is 4. The van der Waals surface area contributed by atoms with E-state index in [-0.39, 0.29) is 32.0 Å². The average Bonchev–Trinajstić information content (AvgIpc) is 3.28.